The lowest BCUT2D eigenvalue weighted by Crippen LogP contribution is -2.43. The van der Waals surface area contributed by atoms with Gasteiger partial charge in [-0.2, -0.15) is 0 Å². The van der Waals surface area contributed by atoms with Gasteiger partial charge in [-0.1, -0.05) is 38.8 Å². The summed E-state index contributed by atoms with van der Waals surface area (Å²) in [6, 6.07) is 3.81. The van der Waals surface area contributed by atoms with Crippen molar-refractivity contribution in [3.8, 4) is 0 Å². The third kappa shape index (κ3) is 4.33. The van der Waals surface area contributed by atoms with Gasteiger partial charge in [-0.3, -0.25) is 4.79 Å². The number of hydrogen-bond acceptors (Lipinski definition) is 3. The van der Waals surface area contributed by atoms with Crippen molar-refractivity contribution in [1.29, 1.82) is 0 Å². The highest BCUT2D eigenvalue weighted by molar-refractivity contribution is 6.31. The SMILES string of the molecule is CC[C@@H]1CN(C(=O)c2ccc(F)c(Cl)c2)[C@H](CO)[C@@H]1CN(CC)CC. The van der Waals surface area contributed by atoms with Crippen LogP contribution in [0.2, 0.25) is 5.02 Å². The Morgan fingerprint density at radius 2 is 2.04 bits per heavy atom. The van der Waals surface area contributed by atoms with Crippen LogP contribution in [-0.2, 0) is 0 Å². The number of rotatable bonds is 7. The number of carbonyl (C=O) groups is 1. The van der Waals surface area contributed by atoms with Crippen LogP contribution in [0.15, 0.2) is 18.2 Å². The van der Waals surface area contributed by atoms with E-state index in [4.69, 9.17) is 11.6 Å². The molecule has 25 heavy (non-hydrogen) atoms. The molecule has 1 N–H and O–H groups in total. The maximum atomic E-state index is 13.4. The van der Waals surface area contributed by atoms with Crippen LogP contribution >= 0.6 is 11.6 Å². The molecule has 0 unspecified atom stereocenters. The molecule has 0 radical (unpaired) electrons. The molecule has 1 saturated heterocycles. The normalized spacial score (nSPS) is 23.5. The second-order valence-electron chi connectivity index (χ2n) is 6.65. The Balaban J connectivity index is 2.24. The van der Waals surface area contributed by atoms with E-state index in [9.17, 15) is 14.3 Å². The molecule has 4 nitrogen and oxygen atoms in total. The highest BCUT2D eigenvalue weighted by Gasteiger charge is 2.43. The number of aliphatic hydroxyl groups is 1. The topological polar surface area (TPSA) is 43.8 Å². The van der Waals surface area contributed by atoms with Crippen LogP contribution in [0.4, 0.5) is 4.39 Å². The van der Waals surface area contributed by atoms with Gasteiger partial charge in [0, 0.05) is 18.7 Å². The predicted molar refractivity (Wildman–Crippen MR) is 98.4 cm³/mol. The smallest absolute Gasteiger partial charge is 0.254 e. The van der Waals surface area contributed by atoms with E-state index in [1.807, 2.05) is 0 Å². The maximum absolute atomic E-state index is 13.4. The first-order valence-corrected chi connectivity index (χ1v) is 9.43. The van der Waals surface area contributed by atoms with Crippen molar-refractivity contribution >= 4 is 17.5 Å². The maximum Gasteiger partial charge on any atom is 0.254 e. The van der Waals surface area contributed by atoms with Gasteiger partial charge in [0.25, 0.3) is 5.91 Å². The van der Waals surface area contributed by atoms with Gasteiger partial charge in [0.2, 0.25) is 0 Å². The molecule has 1 aliphatic heterocycles. The first kappa shape index (κ1) is 20.1. The summed E-state index contributed by atoms with van der Waals surface area (Å²) in [5.41, 5.74) is 0.364. The summed E-state index contributed by atoms with van der Waals surface area (Å²) < 4.78 is 13.4. The van der Waals surface area contributed by atoms with Crippen molar-refractivity contribution in [3.63, 3.8) is 0 Å². The standard InChI is InChI=1S/C19H28ClFN2O2/c1-4-13-10-23(18(12-24)15(13)11-22(5-2)6-3)19(25)14-7-8-17(21)16(20)9-14/h7-9,13,15,18,24H,4-6,10-12H2,1-3H3/t13-,15-,18-/m1/s1. The van der Waals surface area contributed by atoms with Crippen molar-refractivity contribution in [1.82, 2.24) is 9.80 Å². The fourth-order valence-corrected chi connectivity index (χ4v) is 3.99. The molecule has 1 aromatic rings. The lowest BCUT2D eigenvalue weighted by molar-refractivity contribution is 0.0619. The summed E-state index contributed by atoms with van der Waals surface area (Å²) in [5, 5.41) is 9.92. The quantitative estimate of drug-likeness (QED) is 0.801. The Bertz CT molecular complexity index is 595. The first-order valence-electron chi connectivity index (χ1n) is 9.05. The van der Waals surface area contributed by atoms with E-state index < -0.39 is 5.82 Å². The molecule has 0 saturated carbocycles. The third-order valence-corrected chi connectivity index (χ3v) is 5.72. The number of nitrogens with zero attached hydrogens (tertiary/aromatic N) is 2. The van der Waals surface area contributed by atoms with Crippen LogP contribution in [-0.4, -0.2) is 59.6 Å². The van der Waals surface area contributed by atoms with Gasteiger partial charge in [-0.25, -0.2) is 4.39 Å². The highest BCUT2D eigenvalue weighted by atomic mass is 35.5. The lowest BCUT2D eigenvalue weighted by atomic mass is 9.88. The van der Waals surface area contributed by atoms with Crippen LogP contribution in [0.3, 0.4) is 0 Å². The largest absolute Gasteiger partial charge is 0.394 e. The molecule has 0 spiro atoms. The fraction of sp³-hybridized carbons (Fsp3) is 0.632. The van der Waals surface area contributed by atoms with Gasteiger partial charge in [-0.05, 0) is 43.1 Å². The minimum absolute atomic E-state index is 0.0580. The van der Waals surface area contributed by atoms with Crippen LogP contribution in [0.1, 0.15) is 37.6 Å². The molecule has 0 aliphatic carbocycles. The molecule has 0 aromatic heterocycles. The van der Waals surface area contributed by atoms with Crippen LogP contribution in [0.25, 0.3) is 0 Å². The Hall–Kier alpha value is -1.17. The van der Waals surface area contributed by atoms with Crippen molar-refractivity contribution < 1.29 is 14.3 Å². The van der Waals surface area contributed by atoms with Crippen LogP contribution in [0, 0.1) is 17.7 Å². The average molecular weight is 371 g/mol. The van der Waals surface area contributed by atoms with E-state index in [0.717, 1.165) is 26.1 Å². The van der Waals surface area contributed by atoms with E-state index in [-0.39, 0.29) is 29.5 Å². The number of benzene rings is 1. The van der Waals surface area contributed by atoms with Crippen LogP contribution in [0.5, 0.6) is 0 Å². The summed E-state index contributed by atoms with van der Waals surface area (Å²) in [4.78, 5) is 17.0. The van der Waals surface area contributed by atoms with Gasteiger partial charge in [0.1, 0.15) is 5.82 Å². The molecule has 3 atom stereocenters. The minimum atomic E-state index is -0.538. The van der Waals surface area contributed by atoms with E-state index >= 15 is 0 Å². The molecule has 1 fully saturated rings. The average Bonchev–Trinajstić information content (AvgIpc) is 2.98. The summed E-state index contributed by atoms with van der Waals surface area (Å²) in [6.45, 7) is 9.67. The Kier molecular flexibility index (Phi) is 7.23. The van der Waals surface area contributed by atoms with E-state index in [1.54, 1.807) is 4.90 Å². The highest BCUT2D eigenvalue weighted by Crippen LogP contribution is 2.34. The second kappa shape index (κ2) is 8.97. The van der Waals surface area contributed by atoms with Gasteiger partial charge >= 0.3 is 0 Å². The summed E-state index contributed by atoms with van der Waals surface area (Å²) >= 11 is 5.82. The third-order valence-electron chi connectivity index (χ3n) is 5.43. The van der Waals surface area contributed by atoms with Crippen molar-refractivity contribution in [2.75, 3.05) is 32.8 Å². The van der Waals surface area contributed by atoms with Crippen molar-refractivity contribution in [2.24, 2.45) is 11.8 Å². The molecule has 1 aliphatic rings. The number of amides is 1. The predicted octanol–water partition coefficient (Wildman–Crippen LogP) is 3.28. The van der Waals surface area contributed by atoms with Gasteiger partial charge in [-0.15, -0.1) is 0 Å². The van der Waals surface area contributed by atoms with Crippen molar-refractivity contribution in [2.45, 2.75) is 33.2 Å². The van der Waals surface area contributed by atoms with Gasteiger partial charge < -0.3 is 14.9 Å². The number of halogens is 2. The molecular weight excluding hydrogens is 343 g/mol. The Morgan fingerprint density at radius 1 is 1.36 bits per heavy atom. The monoisotopic (exact) mass is 370 g/mol. The van der Waals surface area contributed by atoms with Gasteiger partial charge in [0.15, 0.2) is 0 Å². The fourth-order valence-electron chi connectivity index (χ4n) is 3.81. The number of hydrogen-bond donors (Lipinski definition) is 1. The Labute approximate surface area is 154 Å². The van der Waals surface area contributed by atoms with Crippen molar-refractivity contribution in [3.05, 3.63) is 34.6 Å². The van der Waals surface area contributed by atoms with E-state index in [2.05, 4.69) is 25.7 Å². The second-order valence-corrected chi connectivity index (χ2v) is 7.06. The molecular formula is C19H28ClFN2O2. The number of carbonyl (C=O) groups excluding carboxylic acids is 1. The van der Waals surface area contributed by atoms with Crippen LogP contribution < -0.4 is 0 Å². The lowest BCUT2D eigenvalue weighted by Gasteiger charge is -2.31. The molecule has 1 heterocycles. The van der Waals surface area contributed by atoms with E-state index in [0.29, 0.717) is 18.0 Å². The van der Waals surface area contributed by atoms with E-state index in [1.165, 1.54) is 18.2 Å². The molecule has 6 heteroatoms. The summed E-state index contributed by atoms with van der Waals surface area (Å²) in [7, 11) is 0. The summed E-state index contributed by atoms with van der Waals surface area (Å²) in [5.74, 6) is -0.155. The zero-order chi connectivity index (χ0) is 18.6. The molecule has 1 amide bonds. The Morgan fingerprint density at radius 3 is 2.56 bits per heavy atom. The number of likely N-dealkylation sites (tertiary alicyclic amines) is 1. The molecule has 1 aromatic carbocycles. The van der Waals surface area contributed by atoms with Gasteiger partial charge in [0.05, 0.1) is 17.7 Å². The zero-order valence-corrected chi connectivity index (χ0v) is 16.0. The number of aliphatic hydroxyl groups excluding tert-OH is 1. The first-order chi connectivity index (χ1) is 12.0. The zero-order valence-electron chi connectivity index (χ0n) is 15.2. The molecule has 0 bridgehead atoms. The minimum Gasteiger partial charge on any atom is -0.394 e. The summed E-state index contributed by atoms with van der Waals surface area (Å²) in [6.07, 6.45) is 0.955. The molecule has 140 valence electrons. The molecule has 2 rings (SSSR count).